The first-order valence-electron chi connectivity index (χ1n) is 5.32. The Bertz CT molecular complexity index is 728. The molecule has 7 heteroatoms. The third-order valence-corrected chi connectivity index (χ3v) is 2.84. The molecule has 0 aliphatic heterocycles. The number of ether oxygens (including phenoxy) is 1. The van der Waals surface area contributed by atoms with E-state index in [0.29, 0.717) is 4.47 Å². The first kappa shape index (κ1) is 14.0. The van der Waals surface area contributed by atoms with E-state index in [1.54, 1.807) is 12.1 Å². The van der Waals surface area contributed by atoms with Gasteiger partial charge in [0.05, 0.1) is 16.6 Å². The third-order valence-electron chi connectivity index (χ3n) is 2.35. The van der Waals surface area contributed by atoms with Crippen molar-refractivity contribution in [3.05, 3.63) is 62.4 Å². The van der Waals surface area contributed by atoms with Crippen LogP contribution in [0.3, 0.4) is 0 Å². The van der Waals surface area contributed by atoms with Crippen molar-refractivity contribution in [3.63, 3.8) is 0 Å². The molecule has 0 radical (unpaired) electrons. The Hall–Kier alpha value is -2.46. The molecule has 0 aliphatic carbocycles. The van der Waals surface area contributed by atoms with Crippen LogP contribution in [0, 0.1) is 27.3 Å². The number of hydrogen-bond acceptors (Lipinski definition) is 4. The van der Waals surface area contributed by atoms with Gasteiger partial charge in [0.15, 0.2) is 0 Å². The number of hydrogen-bond donors (Lipinski definition) is 0. The molecule has 0 spiro atoms. The maximum absolute atomic E-state index is 13.3. The number of halogens is 2. The number of nitrogens with zero attached hydrogens (tertiary/aromatic N) is 2. The monoisotopic (exact) mass is 336 g/mol. The van der Waals surface area contributed by atoms with Crippen LogP contribution in [-0.2, 0) is 0 Å². The van der Waals surface area contributed by atoms with Gasteiger partial charge >= 0.3 is 5.69 Å². The number of rotatable bonds is 3. The van der Waals surface area contributed by atoms with Crippen molar-refractivity contribution in [2.45, 2.75) is 0 Å². The zero-order valence-corrected chi connectivity index (χ0v) is 11.4. The third kappa shape index (κ3) is 3.10. The smallest absolute Gasteiger partial charge is 0.312 e. The maximum Gasteiger partial charge on any atom is 0.312 e. The van der Waals surface area contributed by atoms with Gasteiger partial charge in [-0.1, -0.05) is 15.9 Å². The van der Waals surface area contributed by atoms with E-state index in [4.69, 9.17) is 10.00 Å². The fourth-order valence-corrected chi connectivity index (χ4v) is 1.88. The lowest BCUT2D eigenvalue weighted by Gasteiger charge is -2.07. The molecule has 0 aliphatic rings. The summed E-state index contributed by atoms with van der Waals surface area (Å²) in [5, 5.41) is 19.7. The van der Waals surface area contributed by atoms with Crippen LogP contribution in [0.2, 0.25) is 0 Å². The normalized spacial score (nSPS) is 9.85. The highest BCUT2D eigenvalue weighted by molar-refractivity contribution is 9.10. The van der Waals surface area contributed by atoms with Gasteiger partial charge < -0.3 is 4.74 Å². The lowest BCUT2D eigenvalue weighted by molar-refractivity contribution is -0.385. The lowest BCUT2D eigenvalue weighted by Crippen LogP contribution is -1.94. The average molecular weight is 337 g/mol. The zero-order valence-electron chi connectivity index (χ0n) is 9.84. The quantitative estimate of drug-likeness (QED) is 0.622. The summed E-state index contributed by atoms with van der Waals surface area (Å²) < 4.78 is 19.1. The van der Waals surface area contributed by atoms with E-state index in [1.807, 2.05) is 0 Å². The summed E-state index contributed by atoms with van der Waals surface area (Å²) in [4.78, 5) is 10.3. The van der Waals surface area contributed by atoms with Gasteiger partial charge in [-0.3, -0.25) is 10.1 Å². The Morgan fingerprint density at radius 2 is 2.05 bits per heavy atom. The Balaban J connectivity index is 2.42. The van der Waals surface area contributed by atoms with Gasteiger partial charge in [0, 0.05) is 16.6 Å². The van der Waals surface area contributed by atoms with E-state index in [0.717, 1.165) is 12.1 Å². The zero-order chi connectivity index (χ0) is 14.7. The van der Waals surface area contributed by atoms with E-state index in [-0.39, 0.29) is 22.7 Å². The average Bonchev–Trinajstić information content (AvgIpc) is 2.40. The molecule has 100 valence electrons. The summed E-state index contributed by atoms with van der Waals surface area (Å²) in [6.45, 7) is 0. The van der Waals surface area contributed by atoms with E-state index in [2.05, 4.69) is 15.9 Å². The van der Waals surface area contributed by atoms with Crippen LogP contribution in [0.15, 0.2) is 40.9 Å². The minimum Gasteiger partial charge on any atom is -0.450 e. The molecule has 5 nitrogen and oxygen atoms in total. The highest BCUT2D eigenvalue weighted by Crippen LogP contribution is 2.34. The van der Waals surface area contributed by atoms with E-state index < -0.39 is 10.7 Å². The van der Waals surface area contributed by atoms with Crippen molar-refractivity contribution >= 4 is 21.6 Å². The minimum absolute atomic E-state index is 0.0203. The van der Waals surface area contributed by atoms with Crippen LogP contribution in [0.25, 0.3) is 0 Å². The lowest BCUT2D eigenvalue weighted by atomic mass is 10.2. The van der Waals surface area contributed by atoms with Gasteiger partial charge in [0.1, 0.15) is 11.6 Å². The highest BCUT2D eigenvalue weighted by atomic mass is 79.9. The molecule has 0 atom stereocenters. The van der Waals surface area contributed by atoms with Crippen molar-refractivity contribution in [2.75, 3.05) is 0 Å². The van der Waals surface area contributed by atoms with Crippen molar-refractivity contribution in [1.29, 1.82) is 5.26 Å². The molecule has 20 heavy (non-hydrogen) atoms. The summed E-state index contributed by atoms with van der Waals surface area (Å²) in [7, 11) is 0. The van der Waals surface area contributed by atoms with Gasteiger partial charge in [-0.15, -0.1) is 0 Å². The van der Waals surface area contributed by atoms with E-state index in [9.17, 15) is 14.5 Å². The molecule has 2 rings (SSSR count). The predicted molar refractivity (Wildman–Crippen MR) is 72.0 cm³/mol. The Kier molecular flexibility index (Phi) is 3.96. The van der Waals surface area contributed by atoms with Crippen molar-refractivity contribution < 1.29 is 14.1 Å². The summed E-state index contributed by atoms with van der Waals surface area (Å²) in [5.74, 6) is -0.668. The first-order chi connectivity index (χ1) is 9.49. The van der Waals surface area contributed by atoms with Crippen LogP contribution in [0.4, 0.5) is 10.1 Å². The number of nitriles is 1. The molecule has 0 amide bonds. The second kappa shape index (κ2) is 5.67. The number of benzene rings is 2. The number of nitro groups is 1. The Labute approximate surface area is 121 Å². The first-order valence-corrected chi connectivity index (χ1v) is 6.11. The molecule has 2 aromatic carbocycles. The highest BCUT2D eigenvalue weighted by Gasteiger charge is 2.16. The summed E-state index contributed by atoms with van der Waals surface area (Å²) >= 11 is 3.12. The maximum atomic E-state index is 13.3. The molecule has 2 aromatic rings. The summed E-state index contributed by atoms with van der Waals surface area (Å²) in [6, 6.07) is 9.40. The van der Waals surface area contributed by atoms with E-state index >= 15 is 0 Å². The molecule has 0 unspecified atom stereocenters. The minimum atomic E-state index is -0.654. The Morgan fingerprint density at radius 1 is 1.30 bits per heavy atom. The van der Waals surface area contributed by atoms with Crippen LogP contribution >= 0.6 is 15.9 Å². The topological polar surface area (TPSA) is 76.2 Å². The second-order valence-electron chi connectivity index (χ2n) is 3.76. The molecule has 0 aromatic heterocycles. The van der Waals surface area contributed by atoms with Crippen molar-refractivity contribution in [1.82, 2.24) is 0 Å². The fourth-order valence-electron chi connectivity index (χ4n) is 1.53. The molecule has 0 saturated carbocycles. The SMILES string of the molecule is N#Cc1cc(F)cc(Oc2ccc(Br)cc2[N+](=O)[O-])c1. The standard InChI is InChI=1S/C13H6BrFN2O3/c14-9-1-2-13(12(5-9)17(18)19)20-11-4-8(7-16)3-10(15)6-11/h1-6H. The molecule has 0 saturated heterocycles. The summed E-state index contributed by atoms with van der Waals surface area (Å²) in [6.07, 6.45) is 0. The molecule has 0 fully saturated rings. The van der Waals surface area contributed by atoms with Crippen molar-refractivity contribution in [3.8, 4) is 17.6 Å². The van der Waals surface area contributed by atoms with Crippen molar-refractivity contribution in [2.24, 2.45) is 0 Å². The molecular weight excluding hydrogens is 331 g/mol. The molecule has 0 N–H and O–H groups in total. The fraction of sp³-hybridized carbons (Fsp3) is 0. The predicted octanol–water partition coefficient (Wildman–Crippen LogP) is 4.16. The number of nitro benzene ring substituents is 1. The van der Waals surface area contributed by atoms with Crippen LogP contribution in [-0.4, -0.2) is 4.92 Å². The van der Waals surface area contributed by atoms with Gasteiger partial charge in [-0.25, -0.2) is 4.39 Å². The van der Waals surface area contributed by atoms with Crippen LogP contribution < -0.4 is 4.74 Å². The van der Waals surface area contributed by atoms with Gasteiger partial charge in [-0.05, 0) is 24.3 Å². The second-order valence-corrected chi connectivity index (χ2v) is 4.67. The Morgan fingerprint density at radius 3 is 2.70 bits per heavy atom. The van der Waals surface area contributed by atoms with E-state index in [1.165, 1.54) is 18.2 Å². The molecule has 0 heterocycles. The largest absolute Gasteiger partial charge is 0.450 e. The van der Waals surface area contributed by atoms with Crippen LogP contribution in [0.1, 0.15) is 5.56 Å². The molecular formula is C13H6BrFN2O3. The van der Waals surface area contributed by atoms with Gasteiger partial charge in [0.2, 0.25) is 5.75 Å². The molecule has 0 bridgehead atoms. The van der Waals surface area contributed by atoms with Gasteiger partial charge in [-0.2, -0.15) is 5.26 Å². The van der Waals surface area contributed by atoms with Gasteiger partial charge in [0.25, 0.3) is 0 Å². The van der Waals surface area contributed by atoms with Crippen LogP contribution in [0.5, 0.6) is 11.5 Å². The summed E-state index contributed by atoms with van der Waals surface area (Å²) in [5.41, 5.74) is -0.193.